The highest BCUT2D eigenvalue weighted by molar-refractivity contribution is 4.93. The van der Waals surface area contributed by atoms with Crippen molar-refractivity contribution in [2.75, 3.05) is 13.7 Å². The summed E-state index contributed by atoms with van der Waals surface area (Å²) in [6.07, 6.45) is -2.09. The average Bonchev–Trinajstić information content (AvgIpc) is 2.13. The van der Waals surface area contributed by atoms with Gasteiger partial charge < -0.3 is 25.4 Å². The summed E-state index contributed by atoms with van der Waals surface area (Å²) in [6, 6.07) is -0.465. The Labute approximate surface area is 77.4 Å². The van der Waals surface area contributed by atoms with Crippen LogP contribution in [0.25, 0.3) is 0 Å². The minimum atomic E-state index is -0.786. The Kier molecular flexibility index (Phi) is 3.63. The molecule has 5 heteroatoms. The Morgan fingerprint density at radius 1 is 1.54 bits per heavy atom. The van der Waals surface area contributed by atoms with Gasteiger partial charge in [0.05, 0.1) is 18.8 Å². The fourth-order valence-corrected chi connectivity index (χ4v) is 1.60. The number of ether oxygens (including phenoxy) is 2. The third-order valence-electron chi connectivity index (χ3n) is 2.48. The van der Waals surface area contributed by atoms with Gasteiger partial charge in [-0.3, -0.25) is 0 Å². The Hall–Kier alpha value is -0.200. The van der Waals surface area contributed by atoms with Crippen molar-refractivity contribution in [1.82, 2.24) is 0 Å². The number of hydrogen-bond donors (Lipinski definition) is 3. The van der Waals surface area contributed by atoms with Crippen LogP contribution in [0.1, 0.15) is 6.92 Å². The third kappa shape index (κ3) is 2.00. The van der Waals surface area contributed by atoms with Crippen LogP contribution in [0, 0.1) is 0 Å². The van der Waals surface area contributed by atoms with Crippen LogP contribution in [0.3, 0.4) is 0 Å². The van der Waals surface area contributed by atoms with Crippen molar-refractivity contribution in [1.29, 1.82) is 0 Å². The van der Waals surface area contributed by atoms with Gasteiger partial charge in [0, 0.05) is 7.11 Å². The largest absolute Gasteiger partial charge is 0.394 e. The Morgan fingerprint density at radius 3 is 2.62 bits per heavy atom. The van der Waals surface area contributed by atoms with Gasteiger partial charge in [0.2, 0.25) is 0 Å². The molecular weight excluding hydrogens is 174 g/mol. The van der Waals surface area contributed by atoms with E-state index in [9.17, 15) is 5.11 Å². The van der Waals surface area contributed by atoms with Gasteiger partial charge >= 0.3 is 0 Å². The van der Waals surface area contributed by atoms with Crippen LogP contribution in [-0.4, -0.2) is 54.4 Å². The lowest BCUT2D eigenvalue weighted by Gasteiger charge is -2.41. The summed E-state index contributed by atoms with van der Waals surface area (Å²) in [4.78, 5) is 0. The number of aliphatic hydroxyl groups excluding tert-OH is 2. The van der Waals surface area contributed by atoms with E-state index in [0.29, 0.717) is 0 Å². The van der Waals surface area contributed by atoms with Gasteiger partial charge in [-0.15, -0.1) is 0 Å². The van der Waals surface area contributed by atoms with Gasteiger partial charge in [0.15, 0.2) is 0 Å². The molecule has 4 N–H and O–H groups in total. The zero-order valence-corrected chi connectivity index (χ0v) is 7.88. The van der Waals surface area contributed by atoms with Crippen LogP contribution < -0.4 is 5.73 Å². The summed E-state index contributed by atoms with van der Waals surface area (Å²) in [6.45, 7) is 1.59. The molecule has 0 aromatic heterocycles. The van der Waals surface area contributed by atoms with Crippen LogP contribution in [0.15, 0.2) is 0 Å². The standard InChI is InChI=1S/C8H17NO4/c1-4-6(9)7(11)8(12-2)5(3-10)13-4/h4-8,10-11H,3,9H2,1-2H3. The normalized spacial score (nSPS) is 46.4. The summed E-state index contributed by atoms with van der Waals surface area (Å²) in [5.41, 5.74) is 5.67. The molecule has 0 radical (unpaired) electrons. The first-order chi connectivity index (χ1) is 6.11. The molecule has 5 atom stereocenters. The fourth-order valence-electron chi connectivity index (χ4n) is 1.60. The average molecular weight is 191 g/mol. The maximum atomic E-state index is 9.67. The smallest absolute Gasteiger partial charge is 0.113 e. The first-order valence-corrected chi connectivity index (χ1v) is 4.34. The van der Waals surface area contributed by atoms with E-state index >= 15 is 0 Å². The number of aliphatic hydroxyl groups is 2. The molecule has 0 aliphatic carbocycles. The van der Waals surface area contributed by atoms with E-state index in [1.807, 2.05) is 0 Å². The Balaban J connectivity index is 2.69. The van der Waals surface area contributed by atoms with Gasteiger partial charge in [-0.1, -0.05) is 0 Å². The van der Waals surface area contributed by atoms with E-state index in [1.54, 1.807) is 6.92 Å². The quantitative estimate of drug-likeness (QED) is 0.493. The fraction of sp³-hybridized carbons (Fsp3) is 1.00. The molecule has 0 bridgehead atoms. The lowest BCUT2D eigenvalue weighted by atomic mass is 9.94. The molecule has 0 aromatic rings. The Bertz CT molecular complexity index is 164. The summed E-state index contributed by atoms with van der Waals surface area (Å²) in [5, 5.41) is 18.6. The molecule has 1 rings (SSSR count). The molecule has 78 valence electrons. The molecule has 1 saturated heterocycles. The van der Waals surface area contributed by atoms with Crippen LogP contribution in [-0.2, 0) is 9.47 Å². The van der Waals surface area contributed by atoms with Gasteiger partial charge in [-0.25, -0.2) is 0 Å². The maximum Gasteiger partial charge on any atom is 0.113 e. The second-order valence-electron chi connectivity index (χ2n) is 3.33. The molecule has 0 amide bonds. The zero-order valence-electron chi connectivity index (χ0n) is 7.88. The van der Waals surface area contributed by atoms with Gasteiger partial charge in [0.25, 0.3) is 0 Å². The molecule has 1 aliphatic rings. The second-order valence-corrected chi connectivity index (χ2v) is 3.33. The maximum absolute atomic E-state index is 9.67. The van der Waals surface area contributed by atoms with Crippen molar-refractivity contribution in [2.45, 2.75) is 37.4 Å². The van der Waals surface area contributed by atoms with Crippen LogP contribution in [0.4, 0.5) is 0 Å². The molecule has 5 nitrogen and oxygen atoms in total. The minimum absolute atomic E-state index is 0.174. The monoisotopic (exact) mass is 191 g/mol. The highest BCUT2D eigenvalue weighted by atomic mass is 16.6. The van der Waals surface area contributed by atoms with E-state index < -0.39 is 24.4 Å². The highest BCUT2D eigenvalue weighted by Gasteiger charge is 2.41. The molecule has 5 unspecified atom stereocenters. The SMILES string of the molecule is COC1C(CO)OC(C)C(N)C1O. The van der Waals surface area contributed by atoms with Crippen molar-refractivity contribution in [3.05, 3.63) is 0 Å². The lowest BCUT2D eigenvalue weighted by Crippen LogP contribution is -2.61. The Morgan fingerprint density at radius 2 is 2.15 bits per heavy atom. The van der Waals surface area contributed by atoms with Crippen LogP contribution in [0.2, 0.25) is 0 Å². The number of methoxy groups -OCH3 is 1. The molecular formula is C8H17NO4. The number of rotatable bonds is 2. The van der Waals surface area contributed by atoms with E-state index in [2.05, 4.69) is 0 Å². The van der Waals surface area contributed by atoms with Crippen molar-refractivity contribution < 1.29 is 19.7 Å². The van der Waals surface area contributed by atoms with E-state index in [0.717, 1.165) is 0 Å². The summed E-state index contributed by atoms with van der Waals surface area (Å²) in [5.74, 6) is 0. The summed E-state index contributed by atoms with van der Waals surface area (Å²) >= 11 is 0. The first-order valence-electron chi connectivity index (χ1n) is 4.34. The van der Waals surface area contributed by atoms with Gasteiger partial charge in [-0.05, 0) is 6.92 Å². The first kappa shape index (κ1) is 10.9. The highest BCUT2D eigenvalue weighted by Crippen LogP contribution is 2.21. The number of nitrogens with two attached hydrogens (primary N) is 1. The molecule has 0 saturated carbocycles. The molecule has 1 heterocycles. The predicted molar refractivity (Wildman–Crippen MR) is 46.2 cm³/mol. The summed E-state index contributed by atoms with van der Waals surface area (Å²) in [7, 11) is 1.46. The van der Waals surface area contributed by atoms with Crippen molar-refractivity contribution in [3.8, 4) is 0 Å². The van der Waals surface area contributed by atoms with E-state index in [1.165, 1.54) is 7.11 Å². The molecule has 13 heavy (non-hydrogen) atoms. The van der Waals surface area contributed by atoms with Crippen LogP contribution >= 0.6 is 0 Å². The zero-order chi connectivity index (χ0) is 10.0. The predicted octanol–water partition coefficient (Wildman–Crippen LogP) is -1.53. The van der Waals surface area contributed by atoms with Gasteiger partial charge in [-0.2, -0.15) is 0 Å². The minimum Gasteiger partial charge on any atom is -0.394 e. The van der Waals surface area contributed by atoms with E-state index in [4.69, 9.17) is 20.3 Å². The van der Waals surface area contributed by atoms with Gasteiger partial charge in [0.1, 0.15) is 18.3 Å². The lowest BCUT2D eigenvalue weighted by molar-refractivity contribution is -0.193. The molecule has 1 aliphatic heterocycles. The van der Waals surface area contributed by atoms with Crippen molar-refractivity contribution in [2.24, 2.45) is 5.73 Å². The number of hydrogen-bond acceptors (Lipinski definition) is 5. The van der Waals surface area contributed by atoms with E-state index in [-0.39, 0.29) is 12.7 Å². The molecule has 0 spiro atoms. The molecule has 0 aromatic carbocycles. The van der Waals surface area contributed by atoms with Crippen LogP contribution in [0.5, 0.6) is 0 Å². The van der Waals surface area contributed by atoms with Crippen molar-refractivity contribution >= 4 is 0 Å². The van der Waals surface area contributed by atoms with Crippen molar-refractivity contribution in [3.63, 3.8) is 0 Å². The third-order valence-corrected chi connectivity index (χ3v) is 2.48. The second kappa shape index (κ2) is 4.34. The molecule has 1 fully saturated rings. The summed E-state index contributed by atoms with van der Waals surface area (Å²) < 4.78 is 10.4. The topological polar surface area (TPSA) is 84.9 Å².